The van der Waals surface area contributed by atoms with E-state index in [4.69, 9.17) is 0 Å². The molecule has 0 aromatic heterocycles. The highest BCUT2D eigenvalue weighted by molar-refractivity contribution is 5.22. The summed E-state index contributed by atoms with van der Waals surface area (Å²) in [6, 6.07) is 4.45. The molecule has 3 rings (SSSR count). The van der Waals surface area contributed by atoms with E-state index in [-0.39, 0.29) is 2.85 Å². The first-order valence-corrected chi connectivity index (χ1v) is 9.06. The number of rotatable bonds is 3. The predicted octanol–water partition coefficient (Wildman–Crippen LogP) is 6.95. The van der Waals surface area contributed by atoms with Crippen LogP contribution in [0.4, 0.5) is 8.78 Å². The number of hydrogen-bond acceptors (Lipinski definition) is 0. The molecule has 0 bridgehead atoms. The Kier molecular flexibility index (Phi) is 5.15. The lowest BCUT2D eigenvalue weighted by atomic mass is 9.72. The number of hydrogen-bond donors (Lipinski definition) is 0. The lowest BCUT2D eigenvalue weighted by Crippen LogP contribution is -2.19. The Hall–Kier alpha value is -0.920. The van der Waals surface area contributed by atoms with Gasteiger partial charge < -0.3 is 0 Å². The summed E-state index contributed by atoms with van der Waals surface area (Å²) in [5.74, 6) is 1.74. The summed E-state index contributed by atoms with van der Waals surface area (Å²) in [6.45, 7) is 2.38. The Labute approximate surface area is 136 Å². The average Bonchev–Trinajstić information content (AvgIpc) is 2.53. The van der Waals surface area contributed by atoms with Crippen LogP contribution in [0, 0.1) is 29.4 Å². The van der Waals surface area contributed by atoms with Crippen molar-refractivity contribution < 1.29 is 11.6 Å². The first kappa shape index (κ1) is 16.0. The van der Waals surface area contributed by atoms with Crippen molar-refractivity contribution in [3.63, 3.8) is 0 Å². The zero-order chi connectivity index (χ0) is 15.5. The van der Waals surface area contributed by atoms with Crippen molar-refractivity contribution in [1.82, 2.24) is 0 Å². The van der Waals surface area contributed by atoms with Gasteiger partial charge in [0.15, 0.2) is 11.6 Å². The molecule has 0 aliphatic heterocycles. The summed E-state index contributed by atoms with van der Waals surface area (Å²) >= 11 is 0. The second-order valence-corrected chi connectivity index (χ2v) is 7.75. The Morgan fingerprint density at radius 2 is 1.45 bits per heavy atom. The minimum atomic E-state index is -0.732. The molecule has 0 radical (unpaired) electrons. The predicted molar refractivity (Wildman–Crippen MR) is 91.0 cm³/mol. The van der Waals surface area contributed by atoms with E-state index in [1.165, 1.54) is 57.1 Å². The summed E-state index contributed by atoms with van der Waals surface area (Å²) in [5, 5.41) is 0. The number of benzene rings is 1. The molecule has 2 aliphatic carbocycles. The lowest BCUT2D eigenvalue weighted by molar-refractivity contribution is 0.211. The molecule has 0 saturated heterocycles. The van der Waals surface area contributed by atoms with E-state index in [9.17, 15) is 8.78 Å². The Morgan fingerprint density at radius 1 is 0.864 bits per heavy atom. The fourth-order valence-electron chi connectivity index (χ4n) is 4.53. The SMILES string of the molecule is CC1CCC(CC2CCC(c3ccc(F)c(F)c3)CC2)CC1.[HH].[HH]. The van der Waals surface area contributed by atoms with Crippen LogP contribution >= 0.6 is 0 Å². The highest BCUT2D eigenvalue weighted by atomic mass is 19.2. The maximum atomic E-state index is 13.4. The van der Waals surface area contributed by atoms with Gasteiger partial charge in [-0.1, -0.05) is 38.7 Å². The van der Waals surface area contributed by atoms with Crippen LogP contribution in [0.25, 0.3) is 0 Å². The van der Waals surface area contributed by atoms with E-state index < -0.39 is 11.6 Å². The molecule has 0 amide bonds. The van der Waals surface area contributed by atoms with Crippen LogP contribution in [0.3, 0.4) is 0 Å². The molecular weight excluding hydrogens is 278 g/mol. The topological polar surface area (TPSA) is 0 Å². The van der Waals surface area contributed by atoms with Crippen LogP contribution in [-0.4, -0.2) is 0 Å². The molecular formula is C20H32F2. The molecule has 2 fully saturated rings. The quantitative estimate of drug-likeness (QED) is 0.567. The maximum Gasteiger partial charge on any atom is 0.159 e. The van der Waals surface area contributed by atoms with E-state index >= 15 is 0 Å². The van der Waals surface area contributed by atoms with Crippen molar-refractivity contribution in [3.05, 3.63) is 35.4 Å². The van der Waals surface area contributed by atoms with Crippen LogP contribution in [0.2, 0.25) is 0 Å². The zero-order valence-corrected chi connectivity index (χ0v) is 13.7. The summed E-state index contributed by atoms with van der Waals surface area (Å²) in [7, 11) is 0. The van der Waals surface area contributed by atoms with Crippen molar-refractivity contribution in [2.24, 2.45) is 17.8 Å². The van der Waals surface area contributed by atoms with Crippen molar-refractivity contribution in [3.8, 4) is 0 Å². The smallest absolute Gasteiger partial charge is 0.159 e. The molecule has 22 heavy (non-hydrogen) atoms. The molecule has 0 spiro atoms. The molecule has 0 nitrogen and oxygen atoms in total. The Morgan fingerprint density at radius 3 is 2.05 bits per heavy atom. The van der Waals surface area contributed by atoms with Crippen LogP contribution in [0.1, 0.15) is 79.0 Å². The van der Waals surface area contributed by atoms with Gasteiger partial charge in [-0.2, -0.15) is 0 Å². The third-order valence-electron chi connectivity index (χ3n) is 6.06. The molecule has 0 unspecified atom stereocenters. The van der Waals surface area contributed by atoms with Gasteiger partial charge in [0.05, 0.1) is 0 Å². The second-order valence-electron chi connectivity index (χ2n) is 7.75. The maximum absolute atomic E-state index is 13.4. The standard InChI is InChI=1S/C20H28F2.2H2/c1-14-2-4-15(5-3-14)12-16-6-8-17(9-7-16)18-10-11-19(21)20(22)13-18;;/h10-11,13-17H,2-9,12H2,1H3;2*1H. The Balaban J connectivity index is 0.00000144. The molecule has 1 aromatic carbocycles. The normalized spacial score (nSPS) is 32.9. The summed E-state index contributed by atoms with van der Waals surface area (Å²) < 4.78 is 26.4. The van der Waals surface area contributed by atoms with Crippen molar-refractivity contribution >= 4 is 0 Å². The van der Waals surface area contributed by atoms with E-state index in [1.807, 2.05) is 0 Å². The fourth-order valence-corrected chi connectivity index (χ4v) is 4.53. The monoisotopic (exact) mass is 310 g/mol. The van der Waals surface area contributed by atoms with Gasteiger partial charge in [-0.05, 0) is 73.5 Å². The fraction of sp³-hybridized carbons (Fsp3) is 0.700. The molecule has 0 N–H and O–H groups in total. The molecule has 2 aliphatic rings. The molecule has 2 saturated carbocycles. The summed E-state index contributed by atoms with van der Waals surface area (Å²) in [4.78, 5) is 0. The molecule has 0 heterocycles. The van der Waals surface area contributed by atoms with Gasteiger partial charge in [0.1, 0.15) is 0 Å². The van der Waals surface area contributed by atoms with Crippen molar-refractivity contribution in [2.45, 2.75) is 70.6 Å². The summed E-state index contributed by atoms with van der Waals surface area (Å²) in [5.41, 5.74) is 0.990. The zero-order valence-electron chi connectivity index (χ0n) is 13.7. The van der Waals surface area contributed by atoms with Crippen molar-refractivity contribution in [2.75, 3.05) is 0 Å². The van der Waals surface area contributed by atoms with Gasteiger partial charge in [-0.15, -0.1) is 0 Å². The first-order chi connectivity index (χ1) is 10.6. The minimum absolute atomic E-state index is 0. The third kappa shape index (κ3) is 3.88. The lowest BCUT2D eigenvalue weighted by Gasteiger charge is -2.33. The van der Waals surface area contributed by atoms with Gasteiger partial charge >= 0.3 is 0 Å². The van der Waals surface area contributed by atoms with E-state index in [2.05, 4.69) is 6.92 Å². The van der Waals surface area contributed by atoms with E-state index in [0.717, 1.165) is 36.2 Å². The highest BCUT2D eigenvalue weighted by Gasteiger charge is 2.26. The molecule has 2 heteroatoms. The van der Waals surface area contributed by atoms with Crippen LogP contribution in [-0.2, 0) is 0 Å². The molecule has 1 aromatic rings. The van der Waals surface area contributed by atoms with Gasteiger partial charge in [0.25, 0.3) is 0 Å². The largest absolute Gasteiger partial charge is 0.204 e. The van der Waals surface area contributed by atoms with Crippen LogP contribution in [0.15, 0.2) is 18.2 Å². The second kappa shape index (κ2) is 7.10. The number of halogens is 2. The van der Waals surface area contributed by atoms with Gasteiger partial charge in [-0.25, -0.2) is 8.78 Å². The molecule has 126 valence electrons. The van der Waals surface area contributed by atoms with E-state index in [0.29, 0.717) is 5.92 Å². The highest BCUT2D eigenvalue weighted by Crippen LogP contribution is 2.41. The minimum Gasteiger partial charge on any atom is -0.204 e. The van der Waals surface area contributed by atoms with Crippen molar-refractivity contribution in [1.29, 1.82) is 0 Å². The molecule has 0 atom stereocenters. The van der Waals surface area contributed by atoms with Gasteiger partial charge in [0, 0.05) is 2.85 Å². The average molecular weight is 310 g/mol. The summed E-state index contributed by atoms with van der Waals surface area (Å²) in [6.07, 6.45) is 11.9. The van der Waals surface area contributed by atoms with Gasteiger partial charge in [-0.3, -0.25) is 0 Å². The third-order valence-corrected chi connectivity index (χ3v) is 6.06. The van der Waals surface area contributed by atoms with Crippen LogP contribution in [0.5, 0.6) is 0 Å². The van der Waals surface area contributed by atoms with Gasteiger partial charge in [0.2, 0.25) is 0 Å². The Bertz CT molecular complexity index is 490. The van der Waals surface area contributed by atoms with Crippen LogP contribution < -0.4 is 0 Å². The van der Waals surface area contributed by atoms with E-state index in [1.54, 1.807) is 6.07 Å². The first-order valence-electron chi connectivity index (χ1n) is 9.06.